The van der Waals surface area contributed by atoms with Gasteiger partial charge in [-0.05, 0) is 48.7 Å². The predicted molar refractivity (Wildman–Crippen MR) is 109 cm³/mol. The number of piperidine rings is 1. The van der Waals surface area contributed by atoms with Crippen molar-refractivity contribution >= 4 is 12.0 Å². The normalized spacial score (nSPS) is 18.4. The van der Waals surface area contributed by atoms with Gasteiger partial charge in [0, 0.05) is 18.2 Å². The zero-order valence-electron chi connectivity index (χ0n) is 16.7. The molecule has 1 unspecified atom stereocenters. The number of aromatic nitrogens is 2. The predicted octanol–water partition coefficient (Wildman–Crippen LogP) is 4.69. The third-order valence-corrected chi connectivity index (χ3v) is 5.38. The number of carbonyl (C=O) groups is 1. The summed E-state index contributed by atoms with van der Waals surface area (Å²) in [6.07, 6.45) is 1.89. The van der Waals surface area contributed by atoms with Crippen molar-refractivity contribution < 1.29 is 22.5 Å². The Hall–Kier alpha value is -3.82. The third kappa shape index (κ3) is 3.79. The highest BCUT2D eigenvalue weighted by atomic mass is 19.1. The molecule has 0 N–H and O–H groups in total. The summed E-state index contributed by atoms with van der Waals surface area (Å²) in [6, 6.07) is 6.78. The van der Waals surface area contributed by atoms with Gasteiger partial charge in [0.05, 0.1) is 12.1 Å². The molecule has 10 heteroatoms. The Morgan fingerprint density at radius 2 is 1.94 bits per heavy atom. The highest BCUT2D eigenvalue weighted by Gasteiger charge is 2.45. The number of halogens is 3. The lowest BCUT2D eigenvalue weighted by Crippen LogP contribution is -2.47. The average molecular weight is 442 g/mol. The molecular formula is C22H17F3N4O3. The lowest BCUT2D eigenvalue weighted by atomic mass is 9.89. The van der Waals surface area contributed by atoms with Gasteiger partial charge in [0.2, 0.25) is 5.82 Å². The van der Waals surface area contributed by atoms with Crippen molar-refractivity contribution in [2.45, 2.75) is 18.4 Å². The van der Waals surface area contributed by atoms with Crippen molar-refractivity contribution in [2.75, 3.05) is 13.1 Å². The lowest BCUT2D eigenvalue weighted by molar-refractivity contribution is 0.0606. The summed E-state index contributed by atoms with van der Waals surface area (Å²) < 4.78 is 46.4. The van der Waals surface area contributed by atoms with E-state index in [2.05, 4.69) is 21.9 Å². The summed E-state index contributed by atoms with van der Waals surface area (Å²) >= 11 is 0. The number of nitroso groups, excluding NO2 is 1. The summed E-state index contributed by atoms with van der Waals surface area (Å²) in [5, 5.41) is 6.95. The molecule has 2 aromatic carbocycles. The van der Waals surface area contributed by atoms with E-state index in [1.165, 1.54) is 35.2 Å². The van der Waals surface area contributed by atoms with Crippen LogP contribution in [0.4, 0.5) is 13.2 Å². The van der Waals surface area contributed by atoms with Crippen molar-refractivity contribution in [2.24, 2.45) is 5.18 Å². The van der Waals surface area contributed by atoms with Crippen LogP contribution >= 0.6 is 0 Å². The van der Waals surface area contributed by atoms with E-state index in [1.54, 1.807) is 0 Å². The molecule has 0 spiro atoms. The van der Waals surface area contributed by atoms with Gasteiger partial charge in [0.25, 0.3) is 11.8 Å². The van der Waals surface area contributed by atoms with Gasteiger partial charge in [0.1, 0.15) is 17.5 Å². The fourth-order valence-electron chi connectivity index (χ4n) is 3.78. The molecule has 1 aromatic heterocycles. The minimum atomic E-state index is -1.54. The molecule has 1 aliphatic rings. The summed E-state index contributed by atoms with van der Waals surface area (Å²) in [5.41, 5.74) is -1.31. The van der Waals surface area contributed by atoms with Crippen molar-refractivity contribution in [1.82, 2.24) is 15.0 Å². The molecular weight excluding hydrogens is 425 g/mol. The number of amides is 1. The Labute approximate surface area is 180 Å². The Bertz CT molecular complexity index is 1200. The van der Waals surface area contributed by atoms with Crippen molar-refractivity contribution in [3.63, 3.8) is 0 Å². The second-order valence-corrected chi connectivity index (χ2v) is 7.44. The topological polar surface area (TPSA) is 88.7 Å². The Morgan fingerprint density at radius 1 is 1.19 bits per heavy atom. The fourth-order valence-corrected chi connectivity index (χ4v) is 3.78. The van der Waals surface area contributed by atoms with Gasteiger partial charge in [-0.3, -0.25) is 4.79 Å². The summed E-state index contributed by atoms with van der Waals surface area (Å²) in [5.74, 6) is -2.98. The van der Waals surface area contributed by atoms with E-state index >= 15 is 0 Å². The van der Waals surface area contributed by atoms with Crippen LogP contribution < -0.4 is 0 Å². The highest BCUT2D eigenvalue weighted by Crippen LogP contribution is 2.37. The van der Waals surface area contributed by atoms with Gasteiger partial charge in [-0.1, -0.05) is 23.0 Å². The van der Waals surface area contributed by atoms with Gasteiger partial charge in [-0.25, -0.2) is 13.2 Å². The second kappa shape index (κ2) is 8.37. The van der Waals surface area contributed by atoms with E-state index in [-0.39, 0.29) is 41.4 Å². The third-order valence-electron chi connectivity index (χ3n) is 5.38. The van der Waals surface area contributed by atoms with Crippen LogP contribution in [-0.4, -0.2) is 34.0 Å². The summed E-state index contributed by atoms with van der Waals surface area (Å²) in [7, 11) is 0. The first-order valence-electron chi connectivity index (χ1n) is 9.72. The molecule has 1 atom stereocenters. The SMILES string of the molecule is C=Cc1cc(F)cc(F)c1-c1noc(C2(N=O)CCCN(C(=O)c3ccc(F)cc3)C2)n1. The van der Waals surface area contributed by atoms with Gasteiger partial charge in [-0.15, -0.1) is 4.91 Å². The van der Waals surface area contributed by atoms with E-state index in [1.807, 2.05) is 0 Å². The van der Waals surface area contributed by atoms with Crippen molar-refractivity contribution in [3.05, 3.63) is 82.4 Å². The van der Waals surface area contributed by atoms with Crippen LogP contribution in [0.3, 0.4) is 0 Å². The zero-order valence-corrected chi connectivity index (χ0v) is 16.7. The molecule has 1 fully saturated rings. The van der Waals surface area contributed by atoms with E-state index in [4.69, 9.17) is 4.52 Å². The van der Waals surface area contributed by atoms with Crippen molar-refractivity contribution in [1.29, 1.82) is 0 Å². The summed E-state index contributed by atoms with van der Waals surface area (Å²) in [6.45, 7) is 3.74. The Morgan fingerprint density at radius 3 is 2.62 bits per heavy atom. The van der Waals surface area contributed by atoms with Crippen LogP contribution in [0.2, 0.25) is 0 Å². The molecule has 0 bridgehead atoms. The van der Waals surface area contributed by atoms with Crippen LogP contribution in [0.25, 0.3) is 17.5 Å². The Balaban J connectivity index is 1.66. The van der Waals surface area contributed by atoms with Crippen LogP contribution in [0, 0.1) is 22.4 Å². The van der Waals surface area contributed by atoms with Crippen LogP contribution in [0.15, 0.2) is 52.7 Å². The molecule has 3 aromatic rings. The van der Waals surface area contributed by atoms with E-state index < -0.39 is 28.9 Å². The number of rotatable bonds is 5. The minimum absolute atomic E-state index is 0.111. The summed E-state index contributed by atoms with van der Waals surface area (Å²) in [4.78, 5) is 30.3. The molecule has 4 rings (SSSR count). The van der Waals surface area contributed by atoms with Gasteiger partial charge in [0.15, 0.2) is 5.54 Å². The molecule has 2 heterocycles. The monoisotopic (exact) mass is 442 g/mol. The first-order valence-corrected chi connectivity index (χ1v) is 9.72. The molecule has 1 aliphatic heterocycles. The molecule has 0 aliphatic carbocycles. The van der Waals surface area contributed by atoms with Crippen LogP contribution in [-0.2, 0) is 5.54 Å². The molecule has 1 amide bonds. The molecule has 7 nitrogen and oxygen atoms in total. The maximum Gasteiger partial charge on any atom is 0.260 e. The first kappa shape index (κ1) is 21.4. The number of carbonyl (C=O) groups excluding carboxylic acids is 1. The number of hydrogen-bond acceptors (Lipinski definition) is 6. The van der Waals surface area contributed by atoms with Crippen LogP contribution in [0.5, 0.6) is 0 Å². The van der Waals surface area contributed by atoms with E-state index in [0.717, 1.165) is 6.07 Å². The highest BCUT2D eigenvalue weighted by molar-refractivity contribution is 5.94. The fraction of sp³-hybridized carbons (Fsp3) is 0.227. The minimum Gasteiger partial charge on any atom is -0.336 e. The van der Waals surface area contributed by atoms with Gasteiger partial charge in [-0.2, -0.15) is 4.98 Å². The van der Waals surface area contributed by atoms with Gasteiger partial charge >= 0.3 is 0 Å². The molecule has 32 heavy (non-hydrogen) atoms. The number of likely N-dealkylation sites (tertiary alicyclic amines) is 1. The number of hydrogen-bond donors (Lipinski definition) is 0. The lowest BCUT2D eigenvalue weighted by Gasteiger charge is -2.35. The number of nitrogens with zero attached hydrogens (tertiary/aromatic N) is 4. The molecule has 1 saturated heterocycles. The molecule has 0 saturated carbocycles. The van der Waals surface area contributed by atoms with E-state index in [0.29, 0.717) is 19.0 Å². The standard InChI is InChI=1S/C22H17F3N4O3/c1-2-13-10-16(24)11-17(25)18(13)19-26-21(32-27-19)22(28-31)8-3-9-29(12-22)20(30)14-4-6-15(23)7-5-14/h2,4-7,10-11H,1,3,8-9,12H2. The smallest absolute Gasteiger partial charge is 0.260 e. The van der Waals surface area contributed by atoms with Crippen molar-refractivity contribution in [3.8, 4) is 11.4 Å². The second-order valence-electron chi connectivity index (χ2n) is 7.44. The Kier molecular flexibility index (Phi) is 5.60. The molecule has 0 radical (unpaired) electrons. The first-order chi connectivity index (χ1) is 15.4. The van der Waals surface area contributed by atoms with E-state index in [9.17, 15) is 22.9 Å². The largest absolute Gasteiger partial charge is 0.336 e. The van der Waals surface area contributed by atoms with Gasteiger partial charge < -0.3 is 9.42 Å². The quantitative estimate of drug-likeness (QED) is 0.535. The molecule has 164 valence electrons. The zero-order chi connectivity index (χ0) is 22.9. The average Bonchev–Trinajstić information content (AvgIpc) is 3.29. The maximum atomic E-state index is 14.4. The maximum absolute atomic E-state index is 14.4. The number of benzene rings is 2. The van der Waals surface area contributed by atoms with Crippen LogP contribution in [0.1, 0.15) is 34.7 Å².